The van der Waals surface area contributed by atoms with Crippen molar-refractivity contribution in [2.45, 2.75) is 6.92 Å². The summed E-state index contributed by atoms with van der Waals surface area (Å²) in [5, 5.41) is 18.3. The number of anilines is 1. The van der Waals surface area contributed by atoms with Crippen LogP contribution in [-0.2, 0) is 0 Å². The standard InChI is InChI=1S/C11H11N3O3S2/c1-6(14-16)8-5-19-11(12-8)13-10(15)9-3-7(17-2)4-18-9/h3-5,16H,1-2H3,(H,12,13,15). The Labute approximate surface area is 117 Å². The molecule has 0 spiro atoms. The quantitative estimate of drug-likeness (QED) is 0.516. The van der Waals surface area contributed by atoms with Gasteiger partial charge >= 0.3 is 0 Å². The van der Waals surface area contributed by atoms with Crippen molar-refractivity contribution < 1.29 is 14.7 Å². The van der Waals surface area contributed by atoms with E-state index in [1.165, 1.54) is 22.7 Å². The normalized spacial score (nSPS) is 11.4. The van der Waals surface area contributed by atoms with Crippen molar-refractivity contribution in [1.82, 2.24) is 4.98 Å². The fourth-order valence-electron chi connectivity index (χ4n) is 1.25. The average Bonchev–Trinajstić information content (AvgIpc) is 3.06. The minimum Gasteiger partial charge on any atom is -0.496 e. The summed E-state index contributed by atoms with van der Waals surface area (Å²) in [5.74, 6) is 0.408. The molecule has 0 radical (unpaired) electrons. The van der Waals surface area contributed by atoms with Gasteiger partial charge in [0.1, 0.15) is 17.2 Å². The first kappa shape index (κ1) is 13.5. The number of hydrogen-bond donors (Lipinski definition) is 2. The Morgan fingerprint density at radius 2 is 2.26 bits per heavy atom. The number of amides is 1. The lowest BCUT2D eigenvalue weighted by molar-refractivity contribution is 0.103. The van der Waals surface area contributed by atoms with Crippen LogP contribution >= 0.6 is 22.7 Å². The van der Waals surface area contributed by atoms with Gasteiger partial charge in [0.25, 0.3) is 5.91 Å². The molecule has 0 fully saturated rings. The summed E-state index contributed by atoms with van der Waals surface area (Å²) in [4.78, 5) is 16.6. The summed E-state index contributed by atoms with van der Waals surface area (Å²) < 4.78 is 5.02. The van der Waals surface area contributed by atoms with E-state index in [-0.39, 0.29) is 5.91 Å². The van der Waals surface area contributed by atoms with Crippen molar-refractivity contribution >= 4 is 39.4 Å². The van der Waals surface area contributed by atoms with Crippen LogP contribution in [0.2, 0.25) is 0 Å². The van der Waals surface area contributed by atoms with E-state index in [0.29, 0.717) is 27.2 Å². The molecule has 2 N–H and O–H groups in total. The lowest BCUT2D eigenvalue weighted by Crippen LogP contribution is -2.10. The van der Waals surface area contributed by atoms with Gasteiger partial charge in [-0.15, -0.1) is 22.7 Å². The number of thiazole rings is 1. The van der Waals surface area contributed by atoms with E-state index in [4.69, 9.17) is 9.94 Å². The number of rotatable bonds is 4. The molecular formula is C11H11N3O3S2. The predicted octanol–water partition coefficient (Wildman–Crippen LogP) is 2.66. The molecule has 0 aliphatic carbocycles. The Kier molecular flexibility index (Phi) is 4.13. The fourth-order valence-corrected chi connectivity index (χ4v) is 2.75. The topological polar surface area (TPSA) is 83.8 Å². The van der Waals surface area contributed by atoms with Crippen molar-refractivity contribution in [1.29, 1.82) is 0 Å². The van der Waals surface area contributed by atoms with Crippen molar-refractivity contribution in [3.8, 4) is 5.75 Å². The largest absolute Gasteiger partial charge is 0.496 e. The first-order valence-corrected chi connectivity index (χ1v) is 6.98. The third-order valence-electron chi connectivity index (χ3n) is 2.28. The van der Waals surface area contributed by atoms with Crippen LogP contribution in [0.1, 0.15) is 22.3 Å². The third-order valence-corrected chi connectivity index (χ3v) is 3.95. The number of oxime groups is 1. The highest BCUT2D eigenvalue weighted by molar-refractivity contribution is 7.14. The number of thiophene rings is 1. The highest BCUT2D eigenvalue weighted by Gasteiger charge is 2.12. The molecule has 0 aromatic carbocycles. The lowest BCUT2D eigenvalue weighted by atomic mass is 10.3. The van der Waals surface area contributed by atoms with Crippen molar-refractivity contribution in [3.63, 3.8) is 0 Å². The second kappa shape index (κ2) is 5.81. The SMILES string of the molecule is COc1csc(C(=O)Nc2nc(C(C)=NO)cs2)c1. The molecule has 2 aromatic rings. The smallest absolute Gasteiger partial charge is 0.267 e. The van der Waals surface area contributed by atoms with Gasteiger partial charge in [0.05, 0.1) is 12.0 Å². The van der Waals surface area contributed by atoms with Crippen LogP contribution in [0.4, 0.5) is 5.13 Å². The van der Waals surface area contributed by atoms with Gasteiger partial charge in [-0.3, -0.25) is 10.1 Å². The van der Waals surface area contributed by atoms with Gasteiger partial charge < -0.3 is 9.94 Å². The molecule has 2 rings (SSSR count). The number of nitrogens with one attached hydrogen (secondary N) is 1. The maximum atomic E-state index is 11.9. The van der Waals surface area contributed by atoms with Crippen LogP contribution in [0.3, 0.4) is 0 Å². The Balaban J connectivity index is 2.08. The molecule has 0 unspecified atom stereocenters. The van der Waals surface area contributed by atoms with E-state index in [0.717, 1.165) is 0 Å². The molecule has 6 nitrogen and oxygen atoms in total. The molecule has 19 heavy (non-hydrogen) atoms. The van der Waals surface area contributed by atoms with Crippen LogP contribution in [0.15, 0.2) is 22.0 Å². The first-order chi connectivity index (χ1) is 9.13. The lowest BCUT2D eigenvalue weighted by Gasteiger charge is -1.97. The van der Waals surface area contributed by atoms with E-state index in [1.807, 2.05) is 0 Å². The van der Waals surface area contributed by atoms with Crippen LogP contribution in [-0.4, -0.2) is 28.9 Å². The molecule has 2 aromatic heterocycles. The number of methoxy groups -OCH3 is 1. The maximum absolute atomic E-state index is 11.9. The van der Waals surface area contributed by atoms with E-state index in [9.17, 15) is 4.79 Å². The van der Waals surface area contributed by atoms with E-state index in [1.54, 1.807) is 30.9 Å². The average molecular weight is 297 g/mol. The number of carbonyl (C=O) groups is 1. The maximum Gasteiger partial charge on any atom is 0.267 e. The Morgan fingerprint density at radius 3 is 2.89 bits per heavy atom. The van der Waals surface area contributed by atoms with Gasteiger partial charge in [-0.25, -0.2) is 4.98 Å². The van der Waals surface area contributed by atoms with Gasteiger partial charge in [-0.1, -0.05) is 5.16 Å². The molecule has 0 aliphatic rings. The van der Waals surface area contributed by atoms with E-state index < -0.39 is 0 Å². The van der Waals surface area contributed by atoms with Crippen LogP contribution in [0.25, 0.3) is 0 Å². The summed E-state index contributed by atoms with van der Waals surface area (Å²) in [7, 11) is 1.55. The molecule has 1 amide bonds. The first-order valence-electron chi connectivity index (χ1n) is 5.22. The van der Waals surface area contributed by atoms with Gasteiger partial charge in [0.15, 0.2) is 5.13 Å². The van der Waals surface area contributed by atoms with Gasteiger partial charge in [-0.05, 0) is 6.92 Å². The molecule has 8 heteroatoms. The predicted molar refractivity (Wildman–Crippen MR) is 74.9 cm³/mol. The minimum atomic E-state index is -0.243. The fraction of sp³-hybridized carbons (Fsp3) is 0.182. The van der Waals surface area contributed by atoms with Gasteiger partial charge in [-0.2, -0.15) is 0 Å². The summed E-state index contributed by atoms with van der Waals surface area (Å²) >= 11 is 2.56. The molecule has 0 atom stereocenters. The van der Waals surface area contributed by atoms with Gasteiger partial charge in [0, 0.05) is 16.8 Å². The second-order valence-electron chi connectivity index (χ2n) is 3.53. The summed E-state index contributed by atoms with van der Waals surface area (Å²) in [6.07, 6.45) is 0. The third kappa shape index (κ3) is 3.09. The molecule has 0 saturated heterocycles. The summed E-state index contributed by atoms with van der Waals surface area (Å²) in [5.41, 5.74) is 0.932. The van der Waals surface area contributed by atoms with E-state index >= 15 is 0 Å². The highest BCUT2D eigenvalue weighted by atomic mass is 32.1. The zero-order chi connectivity index (χ0) is 13.8. The molecule has 100 valence electrons. The van der Waals surface area contributed by atoms with E-state index in [2.05, 4.69) is 15.5 Å². The van der Waals surface area contributed by atoms with Gasteiger partial charge in [0.2, 0.25) is 0 Å². The Morgan fingerprint density at radius 1 is 1.47 bits per heavy atom. The summed E-state index contributed by atoms with van der Waals surface area (Å²) in [6.45, 7) is 1.63. The van der Waals surface area contributed by atoms with Crippen LogP contribution in [0.5, 0.6) is 5.75 Å². The van der Waals surface area contributed by atoms with Crippen LogP contribution in [0, 0.1) is 0 Å². The molecule has 0 bridgehead atoms. The minimum absolute atomic E-state index is 0.243. The molecule has 2 heterocycles. The number of aromatic nitrogens is 1. The molecular weight excluding hydrogens is 286 g/mol. The Hall–Kier alpha value is -1.93. The zero-order valence-electron chi connectivity index (χ0n) is 10.2. The zero-order valence-corrected chi connectivity index (χ0v) is 11.8. The monoisotopic (exact) mass is 297 g/mol. The van der Waals surface area contributed by atoms with Crippen molar-refractivity contribution in [2.24, 2.45) is 5.16 Å². The van der Waals surface area contributed by atoms with Crippen LogP contribution < -0.4 is 10.1 Å². The van der Waals surface area contributed by atoms with Crippen molar-refractivity contribution in [2.75, 3.05) is 12.4 Å². The number of carbonyl (C=O) groups excluding carboxylic acids is 1. The molecule has 0 aliphatic heterocycles. The number of nitrogens with zero attached hydrogens (tertiary/aromatic N) is 2. The number of ether oxygens (including phenoxy) is 1. The number of hydrogen-bond acceptors (Lipinski definition) is 7. The Bertz CT molecular complexity index is 618. The highest BCUT2D eigenvalue weighted by Crippen LogP contribution is 2.23. The van der Waals surface area contributed by atoms with Crippen molar-refractivity contribution in [3.05, 3.63) is 27.4 Å². The summed E-state index contributed by atoms with van der Waals surface area (Å²) in [6, 6.07) is 1.66. The second-order valence-corrected chi connectivity index (χ2v) is 5.30. The molecule has 0 saturated carbocycles.